The number of benzene rings is 3. The van der Waals surface area contributed by atoms with E-state index < -0.39 is 0 Å². The molecule has 0 bridgehead atoms. The number of aryl methyl sites for hydroxylation is 1. The van der Waals surface area contributed by atoms with Crippen LogP contribution < -0.4 is 0 Å². The Hall–Kier alpha value is -2.59. The minimum Gasteiger partial charge on any atom is -0.206 e. The van der Waals surface area contributed by atoms with Crippen LogP contribution in [0.3, 0.4) is 0 Å². The molecule has 3 aromatic rings. The van der Waals surface area contributed by atoms with Gasteiger partial charge < -0.3 is 0 Å². The number of hydrogen-bond acceptors (Lipinski definition) is 0. The Morgan fingerprint density at radius 3 is 2.21 bits per heavy atom. The molecule has 1 fully saturated rings. The number of unbranched alkanes of at least 4 members (excludes halogenated alkanes) is 4. The van der Waals surface area contributed by atoms with Crippen LogP contribution in [-0.4, -0.2) is 0 Å². The summed E-state index contributed by atoms with van der Waals surface area (Å²) >= 11 is 0. The van der Waals surface area contributed by atoms with Gasteiger partial charge in [0.1, 0.15) is 5.82 Å². The van der Waals surface area contributed by atoms with Crippen molar-refractivity contribution in [1.82, 2.24) is 0 Å². The predicted octanol–water partition coefficient (Wildman–Crippen LogP) is 9.58. The van der Waals surface area contributed by atoms with Crippen molar-refractivity contribution in [3.8, 4) is 11.8 Å². The summed E-state index contributed by atoms with van der Waals surface area (Å²) in [7, 11) is 0. The first-order valence-electron chi connectivity index (χ1n) is 13.5. The molecule has 0 unspecified atom stereocenters. The molecule has 1 heteroatoms. The fraction of sp³-hybridized carbons (Fsp3) is 0.455. The molecule has 0 aliphatic heterocycles. The Kier molecular flexibility index (Phi) is 8.81. The predicted molar refractivity (Wildman–Crippen MR) is 144 cm³/mol. The summed E-state index contributed by atoms with van der Waals surface area (Å²) in [6.07, 6.45) is 14.0. The number of rotatable bonds is 8. The Morgan fingerprint density at radius 1 is 0.765 bits per heavy atom. The van der Waals surface area contributed by atoms with E-state index in [1.807, 2.05) is 24.3 Å². The van der Waals surface area contributed by atoms with E-state index in [0.717, 1.165) is 52.6 Å². The largest absolute Gasteiger partial charge is 0.206 e. The zero-order chi connectivity index (χ0) is 23.8. The smallest absolute Gasteiger partial charge is 0.134 e. The highest BCUT2D eigenvalue weighted by molar-refractivity contribution is 5.85. The molecule has 0 aromatic heterocycles. The molecular formula is C33H39F. The van der Waals surface area contributed by atoms with Crippen LogP contribution >= 0.6 is 0 Å². The van der Waals surface area contributed by atoms with Gasteiger partial charge in [-0.2, -0.15) is 0 Å². The summed E-state index contributed by atoms with van der Waals surface area (Å²) in [6, 6.07) is 18.4. The average Bonchev–Trinajstić information content (AvgIpc) is 2.88. The van der Waals surface area contributed by atoms with Crippen LogP contribution in [0, 0.1) is 23.6 Å². The van der Waals surface area contributed by atoms with Gasteiger partial charge in [0.05, 0.1) is 0 Å². The molecule has 178 valence electrons. The Bertz CT molecular complexity index is 1120. The van der Waals surface area contributed by atoms with Gasteiger partial charge in [0.15, 0.2) is 0 Å². The third-order valence-electron chi connectivity index (χ3n) is 7.70. The summed E-state index contributed by atoms with van der Waals surface area (Å²) in [5.41, 5.74) is 4.18. The molecule has 0 heterocycles. The third-order valence-corrected chi connectivity index (χ3v) is 7.70. The van der Waals surface area contributed by atoms with Gasteiger partial charge in [-0.3, -0.25) is 0 Å². The molecule has 4 rings (SSSR count). The van der Waals surface area contributed by atoms with Gasteiger partial charge in [-0.1, -0.05) is 94.5 Å². The number of fused-ring (bicyclic) bond motifs is 1. The van der Waals surface area contributed by atoms with Crippen molar-refractivity contribution in [1.29, 1.82) is 0 Å². The lowest BCUT2D eigenvalue weighted by Gasteiger charge is -2.29. The lowest BCUT2D eigenvalue weighted by molar-refractivity contribution is 0.299. The quantitative estimate of drug-likeness (QED) is 0.235. The van der Waals surface area contributed by atoms with E-state index >= 15 is 4.39 Å². The van der Waals surface area contributed by atoms with Crippen molar-refractivity contribution in [2.24, 2.45) is 5.92 Å². The standard InChI is InChI=1S/C33H39F/c1-3-5-6-7-8-9-26-16-19-29(20-17-26)31-23-21-30-24-28(18-22-32(30)33(31)34)15-14-27-12-10-25(4-2)11-13-27/h10-13,18,21-24,26,29H,3-9,16-17,19-20H2,1-2H3. The molecule has 1 saturated carbocycles. The van der Waals surface area contributed by atoms with Crippen molar-refractivity contribution >= 4 is 10.8 Å². The monoisotopic (exact) mass is 454 g/mol. The average molecular weight is 455 g/mol. The molecule has 0 atom stereocenters. The maximum absolute atomic E-state index is 15.5. The minimum absolute atomic E-state index is 0.0184. The van der Waals surface area contributed by atoms with Crippen LogP contribution in [0.25, 0.3) is 10.8 Å². The molecule has 0 nitrogen and oxygen atoms in total. The van der Waals surface area contributed by atoms with Crippen LogP contribution in [-0.2, 0) is 6.42 Å². The first-order valence-corrected chi connectivity index (χ1v) is 13.5. The van der Waals surface area contributed by atoms with E-state index in [-0.39, 0.29) is 5.82 Å². The fourth-order valence-electron chi connectivity index (χ4n) is 5.47. The topological polar surface area (TPSA) is 0 Å². The van der Waals surface area contributed by atoms with Crippen molar-refractivity contribution in [3.05, 3.63) is 82.7 Å². The van der Waals surface area contributed by atoms with Crippen molar-refractivity contribution in [2.45, 2.75) is 90.4 Å². The summed E-state index contributed by atoms with van der Waals surface area (Å²) in [5.74, 6) is 7.68. The Morgan fingerprint density at radius 2 is 1.47 bits per heavy atom. The highest BCUT2D eigenvalue weighted by Gasteiger charge is 2.24. The second-order valence-electron chi connectivity index (χ2n) is 10.1. The molecule has 3 aromatic carbocycles. The molecule has 1 aliphatic rings. The molecular weight excluding hydrogens is 415 g/mol. The zero-order valence-corrected chi connectivity index (χ0v) is 21.0. The Labute approximate surface area is 206 Å². The van der Waals surface area contributed by atoms with Gasteiger partial charge in [-0.05, 0) is 84.7 Å². The minimum atomic E-state index is -0.0184. The SMILES string of the molecule is CCCCCCCC1CCC(c2ccc3cc(C#Cc4ccc(CC)cc4)ccc3c2F)CC1. The maximum Gasteiger partial charge on any atom is 0.134 e. The van der Waals surface area contributed by atoms with Gasteiger partial charge in [0.2, 0.25) is 0 Å². The van der Waals surface area contributed by atoms with Gasteiger partial charge >= 0.3 is 0 Å². The molecule has 1 aliphatic carbocycles. The van der Waals surface area contributed by atoms with Crippen molar-refractivity contribution in [3.63, 3.8) is 0 Å². The van der Waals surface area contributed by atoms with Crippen molar-refractivity contribution in [2.75, 3.05) is 0 Å². The third kappa shape index (κ3) is 6.29. The van der Waals surface area contributed by atoms with Gasteiger partial charge in [-0.25, -0.2) is 4.39 Å². The first-order chi connectivity index (χ1) is 16.7. The van der Waals surface area contributed by atoms with Gasteiger partial charge in [-0.15, -0.1) is 0 Å². The normalized spacial score (nSPS) is 18.0. The van der Waals surface area contributed by atoms with Crippen LogP contribution in [0.5, 0.6) is 0 Å². The molecule has 0 saturated heterocycles. The van der Waals surface area contributed by atoms with E-state index in [1.54, 1.807) is 0 Å². The number of hydrogen-bond donors (Lipinski definition) is 0. The fourth-order valence-corrected chi connectivity index (χ4v) is 5.47. The molecule has 0 amide bonds. The summed E-state index contributed by atoms with van der Waals surface area (Å²) in [4.78, 5) is 0. The highest BCUT2D eigenvalue weighted by Crippen LogP contribution is 2.40. The second-order valence-corrected chi connectivity index (χ2v) is 10.1. The van der Waals surface area contributed by atoms with Gasteiger partial charge in [0, 0.05) is 16.5 Å². The summed E-state index contributed by atoms with van der Waals surface area (Å²) < 4.78 is 15.5. The van der Waals surface area contributed by atoms with Crippen molar-refractivity contribution < 1.29 is 4.39 Å². The summed E-state index contributed by atoms with van der Waals surface area (Å²) in [5, 5.41) is 1.67. The van der Waals surface area contributed by atoms with Crippen LogP contribution in [0.15, 0.2) is 54.6 Å². The van der Waals surface area contributed by atoms with Crippen LogP contribution in [0.1, 0.15) is 106 Å². The van der Waals surface area contributed by atoms with E-state index in [1.165, 1.54) is 56.9 Å². The molecule has 0 radical (unpaired) electrons. The zero-order valence-electron chi connectivity index (χ0n) is 21.0. The highest BCUT2D eigenvalue weighted by atomic mass is 19.1. The van der Waals surface area contributed by atoms with E-state index in [2.05, 4.69) is 56.0 Å². The lowest BCUT2D eigenvalue weighted by Crippen LogP contribution is -2.14. The molecule has 0 N–H and O–H groups in total. The first kappa shape index (κ1) is 24.5. The molecule has 0 spiro atoms. The lowest BCUT2D eigenvalue weighted by atomic mass is 9.76. The van der Waals surface area contributed by atoms with E-state index in [0.29, 0.717) is 5.92 Å². The summed E-state index contributed by atoms with van der Waals surface area (Å²) in [6.45, 7) is 4.43. The second kappa shape index (κ2) is 12.2. The maximum atomic E-state index is 15.5. The van der Waals surface area contributed by atoms with E-state index in [4.69, 9.17) is 0 Å². The van der Waals surface area contributed by atoms with Crippen LogP contribution in [0.2, 0.25) is 0 Å². The van der Waals surface area contributed by atoms with E-state index in [9.17, 15) is 0 Å². The Balaban J connectivity index is 1.39. The molecule has 34 heavy (non-hydrogen) atoms. The van der Waals surface area contributed by atoms with Gasteiger partial charge in [0.25, 0.3) is 0 Å². The van der Waals surface area contributed by atoms with Crippen LogP contribution in [0.4, 0.5) is 4.39 Å². The number of halogens is 1.